The van der Waals surface area contributed by atoms with Crippen LogP contribution in [0.5, 0.6) is 5.75 Å². The largest absolute Gasteiger partial charge is 0.477 e. The zero-order valence-corrected chi connectivity index (χ0v) is 16.5. The second kappa shape index (κ2) is 7.73. The summed E-state index contributed by atoms with van der Waals surface area (Å²) >= 11 is 0. The molecular formula is C23H22N4O3. The molecule has 0 spiro atoms. The van der Waals surface area contributed by atoms with Gasteiger partial charge in [0.15, 0.2) is 6.10 Å². The number of ether oxygens (including phenoxy) is 2. The SMILES string of the molecule is N#Cc1c(CN2C[C@H](C(=O)N3CCOCC3)Oc3ccccc32)cn2ccccc12. The Morgan fingerprint density at radius 3 is 2.77 bits per heavy atom. The number of rotatable bonds is 3. The summed E-state index contributed by atoms with van der Waals surface area (Å²) in [5, 5.41) is 9.76. The number of nitriles is 1. The number of morpholine rings is 1. The molecule has 2 aliphatic heterocycles. The van der Waals surface area contributed by atoms with Crippen molar-refractivity contribution in [3.8, 4) is 11.8 Å². The molecule has 4 heterocycles. The van der Waals surface area contributed by atoms with Gasteiger partial charge in [0.25, 0.3) is 5.91 Å². The Bertz CT molecular complexity index is 1130. The smallest absolute Gasteiger partial charge is 0.265 e. The van der Waals surface area contributed by atoms with Gasteiger partial charge in [-0.25, -0.2) is 0 Å². The fourth-order valence-electron chi connectivity index (χ4n) is 4.20. The van der Waals surface area contributed by atoms with E-state index in [-0.39, 0.29) is 5.91 Å². The Kier molecular flexibility index (Phi) is 4.77. The van der Waals surface area contributed by atoms with Crippen LogP contribution in [-0.2, 0) is 16.1 Å². The van der Waals surface area contributed by atoms with E-state index in [1.807, 2.05) is 64.2 Å². The lowest BCUT2D eigenvalue weighted by Crippen LogP contribution is -2.52. The summed E-state index contributed by atoms with van der Waals surface area (Å²) < 4.78 is 13.4. The van der Waals surface area contributed by atoms with Gasteiger partial charge in [0.1, 0.15) is 11.8 Å². The van der Waals surface area contributed by atoms with Gasteiger partial charge in [-0.2, -0.15) is 5.26 Å². The average Bonchev–Trinajstić information content (AvgIpc) is 3.16. The number of carbonyl (C=O) groups is 1. The molecule has 0 unspecified atom stereocenters. The minimum Gasteiger partial charge on any atom is -0.477 e. The summed E-state index contributed by atoms with van der Waals surface area (Å²) in [6.45, 7) is 3.25. The molecule has 2 aliphatic rings. The van der Waals surface area contributed by atoms with Gasteiger partial charge in [-0.1, -0.05) is 18.2 Å². The molecule has 1 saturated heterocycles. The highest BCUT2D eigenvalue weighted by Gasteiger charge is 2.34. The topological polar surface area (TPSA) is 70.2 Å². The maximum Gasteiger partial charge on any atom is 0.265 e. The van der Waals surface area contributed by atoms with E-state index in [1.54, 1.807) is 0 Å². The van der Waals surface area contributed by atoms with E-state index in [1.165, 1.54) is 0 Å². The first-order valence-corrected chi connectivity index (χ1v) is 10.1. The van der Waals surface area contributed by atoms with Crippen LogP contribution in [-0.4, -0.2) is 54.2 Å². The highest BCUT2D eigenvalue weighted by atomic mass is 16.5. The number of hydrogen-bond donors (Lipinski definition) is 0. The van der Waals surface area contributed by atoms with Crippen molar-refractivity contribution in [1.29, 1.82) is 5.26 Å². The molecule has 0 N–H and O–H groups in total. The maximum absolute atomic E-state index is 13.1. The standard InChI is InChI=1S/C23H22N4O3/c24-13-18-17(14-26-8-4-3-5-19(18)26)15-27-16-22(23(28)25-9-11-29-12-10-25)30-21-7-2-1-6-20(21)27/h1-8,14,22H,9-12,15-16H2/t22-/m1/s1. The van der Waals surface area contributed by atoms with Crippen LogP contribution in [0, 0.1) is 11.3 Å². The summed E-state index contributed by atoms with van der Waals surface area (Å²) in [5.74, 6) is 0.679. The fraction of sp³-hybridized carbons (Fsp3) is 0.304. The molecule has 3 aromatic rings. The van der Waals surface area contributed by atoms with E-state index in [0.29, 0.717) is 50.7 Å². The van der Waals surface area contributed by atoms with E-state index >= 15 is 0 Å². The first kappa shape index (κ1) is 18.5. The molecule has 1 amide bonds. The molecule has 0 radical (unpaired) electrons. The molecule has 7 heteroatoms. The minimum absolute atomic E-state index is 0.0136. The number of amides is 1. The van der Waals surface area contributed by atoms with Gasteiger partial charge < -0.3 is 23.7 Å². The number of pyridine rings is 1. The predicted octanol–water partition coefficient (Wildman–Crippen LogP) is 2.44. The van der Waals surface area contributed by atoms with Crippen molar-refractivity contribution < 1.29 is 14.3 Å². The van der Waals surface area contributed by atoms with Crippen LogP contribution in [0.25, 0.3) is 5.52 Å². The highest BCUT2D eigenvalue weighted by molar-refractivity contribution is 5.83. The van der Waals surface area contributed by atoms with Crippen LogP contribution < -0.4 is 9.64 Å². The number of nitrogens with zero attached hydrogens (tertiary/aromatic N) is 4. The summed E-state index contributed by atoms with van der Waals surface area (Å²) in [6, 6.07) is 15.9. The van der Waals surface area contributed by atoms with Gasteiger partial charge in [0, 0.05) is 37.6 Å². The van der Waals surface area contributed by atoms with E-state index in [2.05, 4.69) is 11.0 Å². The molecule has 152 valence electrons. The van der Waals surface area contributed by atoms with Crippen molar-refractivity contribution in [1.82, 2.24) is 9.30 Å². The molecular weight excluding hydrogens is 380 g/mol. The van der Waals surface area contributed by atoms with Crippen LogP contribution in [0.1, 0.15) is 11.1 Å². The normalized spacial score (nSPS) is 18.6. The molecule has 0 aliphatic carbocycles. The number of aromatic nitrogens is 1. The van der Waals surface area contributed by atoms with Crippen molar-refractivity contribution >= 4 is 17.1 Å². The van der Waals surface area contributed by atoms with Gasteiger partial charge in [0.05, 0.1) is 36.5 Å². The third kappa shape index (κ3) is 3.25. The summed E-state index contributed by atoms with van der Waals surface area (Å²) in [5.41, 5.74) is 3.41. The van der Waals surface area contributed by atoms with Crippen LogP contribution in [0.4, 0.5) is 5.69 Å². The first-order valence-electron chi connectivity index (χ1n) is 10.1. The van der Waals surface area contributed by atoms with Gasteiger partial charge in [-0.05, 0) is 24.3 Å². The number of para-hydroxylation sites is 2. The van der Waals surface area contributed by atoms with Crippen LogP contribution in [0.3, 0.4) is 0 Å². The number of benzene rings is 1. The van der Waals surface area contributed by atoms with Gasteiger partial charge in [-0.15, -0.1) is 0 Å². The van der Waals surface area contributed by atoms with Crippen molar-refractivity contribution in [2.45, 2.75) is 12.6 Å². The van der Waals surface area contributed by atoms with Crippen molar-refractivity contribution in [2.24, 2.45) is 0 Å². The second-order valence-electron chi connectivity index (χ2n) is 7.53. The number of hydrogen-bond acceptors (Lipinski definition) is 5. The lowest BCUT2D eigenvalue weighted by atomic mass is 10.1. The average molecular weight is 402 g/mol. The third-order valence-electron chi connectivity index (χ3n) is 5.69. The molecule has 0 saturated carbocycles. The number of fused-ring (bicyclic) bond motifs is 2. The summed E-state index contributed by atoms with van der Waals surface area (Å²) in [4.78, 5) is 17.0. The molecule has 7 nitrogen and oxygen atoms in total. The van der Waals surface area contributed by atoms with Gasteiger partial charge in [-0.3, -0.25) is 4.79 Å². The maximum atomic E-state index is 13.1. The quantitative estimate of drug-likeness (QED) is 0.673. The molecule has 5 rings (SSSR count). The second-order valence-corrected chi connectivity index (χ2v) is 7.53. The van der Waals surface area contributed by atoms with E-state index in [9.17, 15) is 10.1 Å². The van der Waals surface area contributed by atoms with Crippen LogP contribution in [0.2, 0.25) is 0 Å². The molecule has 1 atom stereocenters. The van der Waals surface area contributed by atoms with Gasteiger partial charge in [0.2, 0.25) is 0 Å². The summed E-state index contributed by atoms with van der Waals surface area (Å²) in [7, 11) is 0. The lowest BCUT2D eigenvalue weighted by Gasteiger charge is -2.38. The zero-order valence-electron chi connectivity index (χ0n) is 16.5. The fourth-order valence-corrected chi connectivity index (χ4v) is 4.20. The van der Waals surface area contributed by atoms with Crippen LogP contribution >= 0.6 is 0 Å². The van der Waals surface area contributed by atoms with E-state index in [4.69, 9.17) is 9.47 Å². The molecule has 2 aromatic heterocycles. The van der Waals surface area contributed by atoms with Crippen LogP contribution in [0.15, 0.2) is 54.9 Å². The Morgan fingerprint density at radius 1 is 1.13 bits per heavy atom. The zero-order chi connectivity index (χ0) is 20.5. The molecule has 30 heavy (non-hydrogen) atoms. The number of anilines is 1. The Balaban J connectivity index is 1.46. The third-order valence-corrected chi connectivity index (χ3v) is 5.69. The Labute approximate surface area is 174 Å². The van der Waals surface area contributed by atoms with Crippen molar-refractivity contribution in [3.05, 3.63) is 66.0 Å². The monoisotopic (exact) mass is 402 g/mol. The molecule has 1 aromatic carbocycles. The van der Waals surface area contributed by atoms with Crippen molar-refractivity contribution in [2.75, 3.05) is 37.7 Å². The van der Waals surface area contributed by atoms with E-state index < -0.39 is 6.10 Å². The van der Waals surface area contributed by atoms with Crippen molar-refractivity contribution in [3.63, 3.8) is 0 Å². The Hall–Kier alpha value is -3.50. The lowest BCUT2D eigenvalue weighted by molar-refractivity contribution is -0.142. The minimum atomic E-state index is -0.583. The first-order chi connectivity index (χ1) is 14.7. The number of carbonyl (C=O) groups excluding carboxylic acids is 1. The summed E-state index contributed by atoms with van der Waals surface area (Å²) in [6.07, 6.45) is 3.35. The van der Waals surface area contributed by atoms with E-state index in [0.717, 1.165) is 16.8 Å². The predicted molar refractivity (Wildman–Crippen MR) is 111 cm³/mol. The molecule has 0 bridgehead atoms. The van der Waals surface area contributed by atoms with Gasteiger partial charge >= 0.3 is 0 Å². The Morgan fingerprint density at radius 2 is 1.93 bits per heavy atom. The molecule has 1 fully saturated rings. The highest BCUT2D eigenvalue weighted by Crippen LogP contribution is 2.35.